The zero-order valence-electron chi connectivity index (χ0n) is 16.3. The second-order valence-electron chi connectivity index (χ2n) is 6.11. The van der Waals surface area contributed by atoms with Gasteiger partial charge in [0, 0.05) is 22.9 Å². The number of ether oxygens (including phenoxy) is 2. The first-order valence-corrected chi connectivity index (χ1v) is 10.9. The van der Waals surface area contributed by atoms with Crippen LogP contribution in [0, 0.1) is 6.92 Å². The smallest absolute Gasteiger partial charge is 0.233 e. The van der Waals surface area contributed by atoms with Gasteiger partial charge in [-0.25, -0.2) is 0 Å². The van der Waals surface area contributed by atoms with Gasteiger partial charge in [0.15, 0.2) is 11.5 Å². The van der Waals surface area contributed by atoms with Crippen LogP contribution in [-0.4, -0.2) is 37.7 Å². The lowest BCUT2D eigenvalue weighted by Crippen LogP contribution is -2.32. The summed E-state index contributed by atoms with van der Waals surface area (Å²) in [5.41, 5.74) is 2.60. The van der Waals surface area contributed by atoms with Crippen LogP contribution in [0.15, 0.2) is 47.4 Å². The average molecular weight is 406 g/mol. The second-order valence-corrected chi connectivity index (χ2v) is 8.63. The van der Waals surface area contributed by atoms with Gasteiger partial charge in [0.2, 0.25) is 5.91 Å². The predicted molar refractivity (Wildman–Crippen MR) is 115 cm³/mol. The number of hydrogen-bond acceptors (Lipinski definition) is 5. The van der Waals surface area contributed by atoms with Gasteiger partial charge < -0.3 is 14.8 Å². The highest BCUT2D eigenvalue weighted by molar-refractivity contribution is 8.00. The Labute approximate surface area is 170 Å². The van der Waals surface area contributed by atoms with E-state index >= 15 is 0 Å². The fourth-order valence-corrected chi connectivity index (χ4v) is 4.26. The fraction of sp³-hybridized carbons (Fsp3) is 0.381. The summed E-state index contributed by atoms with van der Waals surface area (Å²) in [4.78, 5) is 13.3. The quantitative estimate of drug-likeness (QED) is 0.464. The van der Waals surface area contributed by atoms with Gasteiger partial charge in [0.1, 0.15) is 0 Å². The summed E-state index contributed by atoms with van der Waals surface area (Å²) in [6.07, 6.45) is 0. The predicted octanol–water partition coefficient (Wildman–Crippen LogP) is 4.54. The van der Waals surface area contributed by atoms with Crippen molar-refractivity contribution >= 4 is 29.4 Å². The molecule has 0 saturated heterocycles. The molecule has 0 unspecified atom stereocenters. The van der Waals surface area contributed by atoms with Crippen molar-refractivity contribution < 1.29 is 14.3 Å². The summed E-state index contributed by atoms with van der Waals surface area (Å²) in [6, 6.07) is 14.2. The molecule has 4 nitrogen and oxygen atoms in total. The third-order valence-corrected chi connectivity index (χ3v) is 6.06. The highest BCUT2D eigenvalue weighted by Crippen LogP contribution is 2.33. The maximum absolute atomic E-state index is 12.3. The van der Waals surface area contributed by atoms with Crippen LogP contribution in [0.5, 0.6) is 11.5 Å². The first kappa shape index (κ1) is 21.5. The monoisotopic (exact) mass is 405 g/mol. The van der Waals surface area contributed by atoms with E-state index in [-0.39, 0.29) is 11.2 Å². The van der Waals surface area contributed by atoms with Crippen LogP contribution in [0.4, 0.5) is 0 Å². The number of carbonyl (C=O) groups is 1. The lowest BCUT2D eigenvalue weighted by atomic mass is 10.2. The Kier molecular flexibility index (Phi) is 8.88. The largest absolute Gasteiger partial charge is 0.493 e. The molecule has 2 rings (SSSR count). The zero-order valence-corrected chi connectivity index (χ0v) is 17.9. The van der Waals surface area contributed by atoms with Gasteiger partial charge in [0.25, 0.3) is 0 Å². The standard InChI is InChI=1S/C21H27NO3S2/c1-15-6-5-7-17(12-15)14-26-11-10-22-21(23)16(2)27-18-8-9-19(24-3)20(13-18)25-4/h5-9,12-13,16H,10-11,14H2,1-4H3,(H,22,23)/t16-/m1/s1. The summed E-state index contributed by atoms with van der Waals surface area (Å²) < 4.78 is 10.6. The topological polar surface area (TPSA) is 47.6 Å². The first-order valence-electron chi connectivity index (χ1n) is 8.83. The van der Waals surface area contributed by atoms with Gasteiger partial charge in [0.05, 0.1) is 19.5 Å². The maximum atomic E-state index is 12.3. The molecule has 0 fully saturated rings. The first-order chi connectivity index (χ1) is 13.0. The SMILES string of the molecule is COc1ccc(S[C@H](C)C(=O)NCCSCc2cccc(C)c2)cc1OC. The van der Waals surface area contributed by atoms with Crippen LogP contribution in [0.3, 0.4) is 0 Å². The Morgan fingerprint density at radius 1 is 1.11 bits per heavy atom. The van der Waals surface area contributed by atoms with Crippen molar-refractivity contribution in [2.75, 3.05) is 26.5 Å². The van der Waals surface area contributed by atoms with Gasteiger partial charge in [-0.1, -0.05) is 29.8 Å². The molecule has 146 valence electrons. The van der Waals surface area contributed by atoms with Crippen LogP contribution >= 0.6 is 23.5 Å². The molecule has 27 heavy (non-hydrogen) atoms. The molecule has 0 radical (unpaired) electrons. The molecule has 0 spiro atoms. The van der Waals surface area contributed by atoms with E-state index in [1.807, 2.05) is 36.9 Å². The van der Waals surface area contributed by atoms with Gasteiger partial charge in [-0.15, -0.1) is 11.8 Å². The van der Waals surface area contributed by atoms with Crippen molar-refractivity contribution in [2.24, 2.45) is 0 Å². The minimum atomic E-state index is -0.176. The lowest BCUT2D eigenvalue weighted by molar-refractivity contribution is -0.120. The van der Waals surface area contributed by atoms with Crippen LogP contribution in [0.2, 0.25) is 0 Å². The molecule has 2 aromatic carbocycles. The van der Waals surface area contributed by atoms with Crippen LogP contribution in [0.1, 0.15) is 18.1 Å². The number of thioether (sulfide) groups is 2. The van der Waals surface area contributed by atoms with Crippen molar-refractivity contribution in [3.05, 3.63) is 53.6 Å². The summed E-state index contributed by atoms with van der Waals surface area (Å²) in [6.45, 7) is 4.69. The number of amides is 1. The van der Waals surface area contributed by atoms with Crippen molar-refractivity contribution in [1.82, 2.24) is 5.32 Å². The molecular formula is C21H27NO3S2. The number of rotatable bonds is 10. The minimum absolute atomic E-state index is 0.0472. The molecule has 0 aliphatic rings. The molecule has 0 aromatic heterocycles. The Hall–Kier alpha value is -1.79. The fourth-order valence-electron chi connectivity index (χ4n) is 2.53. The number of hydrogen-bond donors (Lipinski definition) is 1. The number of methoxy groups -OCH3 is 2. The molecule has 1 amide bonds. The molecule has 0 bridgehead atoms. The molecule has 0 heterocycles. The Bertz CT molecular complexity index is 752. The van der Waals surface area contributed by atoms with Crippen molar-refractivity contribution in [2.45, 2.75) is 29.7 Å². The molecule has 6 heteroatoms. The van der Waals surface area contributed by atoms with E-state index in [1.165, 1.54) is 22.9 Å². The van der Waals surface area contributed by atoms with Gasteiger partial charge in [-0.2, -0.15) is 11.8 Å². The Morgan fingerprint density at radius 3 is 2.59 bits per heavy atom. The molecule has 2 aromatic rings. The summed E-state index contributed by atoms with van der Waals surface area (Å²) in [5.74, 6) is 3.26. The Morgan fingerprint density at radius 2 is 1.89 bits per heavy atom. The molecule has 1 atom stereocenters. The van der Waals surface area contributed by atoms with Gasteiger partial charge in [-0.05, 0) is 37.6 Å². The van der Waals surface area contributed by atoms with Gasteiger partial charge >= 0.3 is 0 Å². The van der Waals surface area contributed by atoms with Crippen molar-refractivity contribution in [1.29, 1.82) is 0 Å². The maximum Gasteiger partial charge on any atom is 0.233 e. The van der Waals surface area contributed by atoms with Gasteiger partial charge in [-0.3, -0.25) is 4.79 Å². The highest BCUT2D eigenvalue weighted by atomic mass is 32.2. The molecule has 0 aliphatic heterocycles. The molecular weight excluding hydrogens is 378 g/mol. The van der Waals surface area contributed by atoms with E-state index in [2.05, 4.69) is 36.5 Å². The van der Waals surface area contributed by atoms with E-state index in [9.17, 15) is 4.79 Å². The average Bonchev–Trinajstić information content (AvgIpc) is 2.67. The van der Waals surface area contributed by atoms with E-state index in [1.54, 1.807) is 14.2 Å². The molecule has 1 N–H and O–H groups in total. The third-order valence-electron chi connectivity index (χ3n) is 3.93. The van der Waals surface area contributed by atoms with E-state index in [0.29, 0.717) is 18.0 Å². The summed E-state index contributed by atoms with van der Waals surface area (Å²) in [5, 5.41) is 2.84. The van der Waals surface area contributed by atoms with E-state index in [0.717, 1.165) is 16.4 Å². The normalized spacial score (nSPS) is 11.7. The van der Waals surface area contributed by atoms with Crippen molar-refractivity contribution in [3.63, 3.8) is 0 Å². The zero-order chi connectivity index (χ0) is 19.6. The lowest BCUT2D eigenvalue weighted by Gasteiger charge is -2.14. The molecule has 0 aliphatic carbocycles. The number of benzene rings is 2. The number of aryl methyl sites for hydroxylation is 1. The Balaban J connectivity index is 1.72. The third kappa shape index (κ3) is 7.03. The summed E-state index contributed by atoms with van der Waals surface area (Å²) >= 11 is 3.34. The van der Waals surface area contributed by atoms with Crippen molar-refractivity contribution in [3.8, 4) is 11.5 Å². The minimum Gasteiger partial charge on any atom is -0.493 e. The summed E-state index contributed by atoms with van der Waals surface area (Å²) in [7, 11) is 3.22. The molecule has 0 saturated carbocycles. The number of nitrogens with one attached hydrogen (secondary N) is 1. The van der Waals surface area contributed by atoms with Crippen LogP contribution < -0.4 is 14.8 Å². The van der Waals surface area contributed by atoms with Crippen LogP contribution in [-0.2, 0) is 10.5 Å². The highest BCUT2D eigenvalue weighted by Gasteiger charge is 2.15. The second kappa shape index (κ2) is 11.1. The number of carbonyl (C=O) groups excluding carboxylic acids is 1. The van der Waals surface area contributed by atoms with E-state index in [4.69, 9.17) is 9.47 Å². The van der Waals surface area contributed by atoms with E-state index < -0.39 is 0 Å². The van der Waals surface area contributed by atoms with Crippen LogP contribution in [0.25, 0.3) is 0 Å².